The minimum Gasteiger partial charge on any atom is -0.360 e. The van der Waals surface area contributed by atoms with E-state index in [4.69, 9.17) is 9.26 Å². The molecule has 0 aliphatic heterocycles. The van der Waals surface area contributed by atoms with Crippen LogP contribution < -0.4 is 10.1 Å². The van der Waals surface area contributed by atoms with Crippen LogP contribution in [0, 0.1) is 0 Å². The average molecular weight is 369 g/mol. The van der Waals surface area contributed by atoms with Crippen LogP contribution >= 0.6 is 11.3 Å². The molecule has 9 nitrogen and oxygen atoms in total. The molecule has 10 heteroatoms. The van der Waals surface area contributed by atoms with Crippen LogP contribution in [-0.4, -0.2) is 39.0 Å². The maximum absolute atomic E-state index is 12.7. The molecule has 0 unspecified atom stereocenters. The molecule has 1 aromatic carbocycles. The Bertz CT molecular complexity index is 1110. The van der Waals surface area contributed by atoms with Crippen molar-refractivity contribution in [2.24, 2.45) is 0 Å². The largest absolute Gasteiger partial charge is 0.426 e. The highest BCUT2D eigenvalue weighted by atomic mass is 32.1. The van der Waals surface area contributed by atoms with Crippen molar-refractivity contribution in [1.82, 2.24) is 25.4 Å². The van der Waals surface area contributed by atoms with E-state index < -0.39 is 6.09 Å². The van der Waals surface area contributed by atoms with Crippen LogP contribution in [0.15, 0.2) is 40.4 Å². The molecule has 0 aliphatic carbocycles. The number of thiazole rings is 1. The first-order valence-electron chi connectivity index (χ1n) is 7.45. The standard InChI is InChI=1S/C16H11N5O4S/c1-17-15(23)24-16-20-13(21-25-16)11-7-26-14(19-11)12(22)9-6-18-10-5-3-2-4-8(9)10/h2-7,18H,1H3,(H,17,23). The molecule has 2 N–H and O–H groups in total. The lowest BCUT2D eigenvalue weighted by Crippen LogP contribution is -2.22. The van der Waals surface area contributed by atoms with Gasteiger partial charge in [0.25, 0.3) is 0 Å². The molecule has 0 fully saturated rings. The Morgan fingerprint density at radius 3 is 2.96 bits per heavy atom. The number of amides is 1. The number of benzene rings is 1. The maximum Gasteiger partial charge on any atom is 0.426 e. The highest BCUT2D eigenvalue weighted by Gasteiger charge is 2.20. The van der Waals surface area contributed by atoms with Gasteiger partial charge < -0.3 is 15.0 Å². The Kier molecular flexibility index (Phi) is 3.93. The third-order valence-electron chi connectivity index (χ3n) is 3.55. The molecule has 26 heavy (non-hydrogen) atoms. The van der Waals surface area contributed by atoms with Crippen molar-refractivity contribution >= 4 is 34.1 Å². The fourth-order valence-corrected chi connectivity index (χ4v) is 3.09. The molecular weight excluding hydrogens is 358 g/mol. The number of ether oxygens (including phenoxy) is 1. The van der Waals surface area contributed by atoms with E-state index in [9.17, 15) is 9.59 Å². The van der Waals surface area contributed by atoms with Gasteiger partial charge in [0.15, 0.2) is 5.01 Å². The summed E-state index contributed by atoms with van der Waals surface area (Å²) in [6.45, 7) is 0. The predicted octanol–water partition coefficient (Wildman–Crippen LogP) is 2.62. The zero-order valence-electron chi connectivity index (χ0n) is 13.3. The summed E-state index contributed by atoms with van der Waals surface area (Å²) in [5.41, 5.74) is 1.77. The minimum absolute atomic E-state index is 0.123. The van der Waals surface area contributed by atoms with Crippen LogP contribution in [0.4, 0.5) is 4.79 Å². The summed E-state index contributed by atoms with van der Waals surface area (Å²) in [7, 11) is 1.41. The van der Waals surface area contributed by atoms with Crippen molar-refractivity contribution in [3.05, 3.63) is 46.4 Å². The zero-order valence-corrected chi connectivity index (χ0v) is 14.2. The van der Waals surface area contributed by atoms with E-state index in [2.05, 4.69) is 25.4 Å². The first kappa shape index (κ1) is 16.0. The van der Waals surface area contributed by atoms with Gasteiger partial charge in [-0.25, -0.2) is 9.78 Å². The topological polar surface area (TPSA) is 123 Å². The van der Waals surface area contributed by atoms with Crippen LogP contribution in [0.25, 0.3) is 22.4 Å². The normalized spacial score (nSPS) is 10.8. The van der Waals surface area contributed by atoms with Crippen molar-refractivity contribution in [2.45, 2.75) is 0 Å². The van der Waals surface area contributed by atoms with Gasteiger partial charge in [0.1, 0.15) is 5.69 Å². The second-order valence-electron chi connectivity index (χ2n) is 5.14. The summed E-state index contributed by atoms with van der Waals surface area (Å²) in [4.78, 5) is 35.1. The van der Waals surface area contributed by atoms with Gasteiger partial charge in [-0.05, 0) is 6.07 Å². The Labute approximate surface area is 150 Å². The molecular formula is C16H11N5O4S. The van der Waals surface area contributed by atoms with Gasteiger partial charge in [-0.3, -0.25) is 9.32 Å². The Morgan fingerprint density at radius 2 is 2.12 bits per heavy atom. The van der Waals surface area contributed by atoms with E-state index >= 15 is 0 Å². The van der Waals surface area contributed by atoms with Crippen molar-refractivity contribution in [2.75, 3.05) is 7.05 Å². The van der Waals surface area contributed by atoms with Gasteiger partial charge in [0, 0.05) is 29.5 Å². The maximum atomic E-state index is 12.7. The number of hydrogen-bond acceptors (Lipinski definition) is 8. The number of H-pyrrole nitrogens is 1. The predicted molar refractivity (Wildman–Crippen MR) is 92.2 cm³/mol. The third-order valence-corrected chi connectivity index (χ3v) is 4.39. The number of carbonyl (C=O) groups excluding carboxylic acids is 2. The van der Waals surface area contributed by atoms with Gasteiger partial charge in [0.05, 0.1) is 5.56 Å². The molecule has 3 heterocycles. The van der Waals surface area contributed by atoms with Crippen LogP contribution in [0.3, 0.4) is 0 Å². The number of hydrogen-bond donors (Lipinski definition) is 2. The van der Waals surface area contributed by atoms with Gasteiger partial charge in [-0.15, -0.1) is 11.3 Å². The summed E-state index contributed by atoms with van der Waals surface area (Å²) in [5, 5.41) is 8.72. The van der Waals surface area contributed by atoms with Gasteiger partial charge in [-0.2, -0.15) is 4.98 Å². The van der Waals surface area contributed by atoms with E-state index in [-0.39, 0.29) is 17.7 Å². The fourth-order valence-electron chi connectivity index (χ4n) is 2.34. The fraction of sp³-hybridized carbons (Fsp3) is 0.0625. The molecule has 0 saturated carbocycles. The lowest BCUT2D eigenvalue weighted by atomic mass is 10.1. The zero-order chi connectivity index (χ0) is 18.1. The number of para-hydroxylation sites is 1. The lowest BCUT2D eigenvalue weighted by Gasteiger charge is -1.95. The van der Waals surface area contributed by atoms with E-state index in [1.807, 2.05) is 24.3 Å². The SMILES string of the molecule is CNC(=O)Oc1nc(-c2csc(C(=O)c3c[nH]c4ccccc34)n2)no1. The number of fused-ring (bicyclic) bond motifs is 1. The molecule has 130 valence electrons. The second-order valence-corrected chi connectivity index (χ2v) is 6.00. The quantitative estimate of drug-likeness (QED) is 0.530. The Hall–Kier alpha value is -3.53. The van der Waals surface area contributed by atoms with E-state index in [0.717, 1.165) is 10.9 Å². The van der Waals surface area contributed by atoms with Gasteiger partial charge in [-0.1, -0.05) is 23.4 Å². The number of nitrogens with zero attached hydrogens (tertiary/aromatic N) is 3. The minimum atomic E-state index is -0.728. The monoisotopic (exact) mass is 369 g/mol. The van der Waals surface area contributed by atoms with Crippen molar-refractivity contribution in [1.29, 1.82) is 0 Å². The van der Waals surface area contributed by atoms with Crippen molar-refractivity contribution in [3.8, 4) is 17.6 Å². The van der Waals surface area contributed by atoms with Gasteiger partial charge >= 0.3 is 12.2 Å². The van der Waals surface area contributed by atoms with Crippen molar-refractivity contribution in [3.63, 3.8) is 0 Å². The summed E-state index contributed by atoms with van der Waals surface area (Å²) < 4.78 is 9.56. The van der Waals surface area contributed by atoms with Crippen LogP contribution in [-0.2, 0) is 0 Å². The summed E-state index contributed by atoms with van der Waals surface area (Å²) in [6.07, 6.45) is 0.628. The molecule has 0 bridgehead atoms. The molecule has 0 spiro atoms. The lowest BCUT2D eigenvalue weighted by molar-refractivity contribution is 0.104. The number of ketones is 1. The average Bonchev–Trinajstić information content (AvgIpc) is 3.39. The number of aromatic nitrogens is 4. The van der Waals surface area contributed by atoms with Crippen LogP contribution in [0.2, 0.25) is 0 Å². The van der Waals surface area contributed by atoms with Crippen molar-refractivity contribution < 1.29 is 18.8 Å². The second kappa shape index (κ2) is 6.41. The van der Waals surface area contributed by atoms with Gasteiger partial charge in [0.2, 0.25) is 11.6 Å². The van der Waals surface area contributed by atoms with E-state index in [1.54, 1.807) is 11.6 Å². The highest BCUT2D eigenvalue weighted by molar-refractivity contribution is 7.12. The van der Waals surface area contributed by atoms with E-state index in [1.165, 1.54) is 18.4 Å². The smallest absolute Gasteiger partial charge is 0.360 e. The molecule has 0 saturated heterocycles. The Morgan fingerprint density at radius 1 is 1.27 bits per heavy atom. The summed E-state index contributed by atoms with van der Waals surface area (Å²) in [6, 6.07) is 7.53. The first-order chi connectivity index (χ1) is 12.7. The Balaban J connectivity index is 1.60. The van der Waals surface area contributed by atoms with Crippen LogP contribution in [0.1, 0.15) is 15.4 Å². The number of rotatable bonds is 4. The highest BCUT2D eigenvalue weighted by Crippen LogP contribution is 2.25. The number of carbonyl (C=O) groups is 2. The van der Waals surface area contributed by atoms with Crippen LogP contribution in [0.5, 0.6) is 6.08 Å². The molecule has 0 aliphatic rings. The summed E-state index contributed by atoms with van der Waals surface area (Å²) >= 11 is 1.17. The molecule has 3 aromatic heterocycles. The molecule has 0 atom stereocenters. The molecule has 4 aromatic rings. The number of aromatic amines is 1. The van der Waals surface area contributed by atoms with E-state index in [0.29, 0.717) is 16.3 Å². The summed E-state index contributed by atoms with van der Waals surface area (Å²) in [5.74, 6) is -0.0813. The molecule has 4 rings (SSSR count). The third kappa shape index (κ3) is 2.82. The molecule has 0 radical (unpaired) electrons. The molecule has 1 amide bonds. The first-order valence-corrected chi connectivity index (χ1v) is 8.33. The number of nitrogens with one attached hydrogen (secondary N) is 2.